The Kier molecular flexibility index (Phi) is 5.59. The molecule has 2 rings (SSSR count). The SMILES string of the molecule is CNCc1cc(F)cc(OCc2ccc(OC)c(Br)c2)c1. The maximum atomic E-state index is 13.5. The number of benzene rings is 2. The van der Waals surface area contributed by atoms with Gasteiger partial charge in [-0.05, 0) is 58.4 Å². The number of ether oxygens (including phenoxy) is 2. The summed E-state index contributed by atoms with van der Waals surface area (Å²) in [5.41, 5.74) is 1.82. The number of halogens is 2. The van der Waals surface area contributed by atoms with Crippen molar-refractivity contribution in [3.05, 3.63) is 57.8 Å². The van der Waals surface area contributed by atoms with E-state index in [0.29, 0.717) is 18.9 Å². The lowest BCUT2D eigenvalue weighted by atomic mass is 10.2. The summed E-state index contributed by atoms with van der Waals surface area (Å²) < 4.78 is 25.2. The Bertz CT molecular complexity index is 619. The monoisotopic (exact) mass is 353 g/mol. The quantitative estimate of drug-likeness (QED) is 0.854. The van der Waals surface area contributed by atoms with E-state index in [1.54, 1.807) is 7.11 Å². The Labute approximate surface area is 132 Å². The first kappa shape index (κ1) is 15.8. The normalized spacial score (nSPS) is 10.5. The van der Waals surface area contributed by atoms with E-state index < -0.39 is 0 Å². The van der Waals surface area contributed by atoms with Crippen LogP contribution in [0.3, 0.4) is 0 Å². The van der Waals surface area contributed by atoms with Crippen LogP contribution in [0.2, 0.25) is 0 Å². The lowest BCUT2D eigenvalue weighted by Gasteiger charge is -2.10. The molecule has 0 spiro atoms. The molecule has 0 heterocycles. The van der Waals surface area contributed by atoms with Crippen LogP contribution in [-0.2, 0) is 13.2 Å². The van der Waals surface area contributed by atoms with E-state index in [0.717, 1.165) is 21.3 Å². The molecule has 2 aromatic carbocycles. The minimum absolute atomic E-state index is 0.298. The largest absolute Gasteiger partial charge is 0.496 e. The standard InChI is InChI=1S/C16H17BrFNO2/c1-19-9-12-5-13(18)8-14(6-12)21-10-11-3-4-16(20-2)15(17)7-11/h3-8,19H,9-10H2,1-2H3. The third-order valence-corrected chi connectivity index (χ3v) is 3.55. The molecule has 0 amide bonds. The average Bonchev–Trinajstić information content (AvgIpc) is 2.45. The zero-order valence-corrected chi connectivity index (χ0v) is 13.5. The number of nitrogens with one attached hydrogen (secondary N) is 1. The molecule has 0 aromatic heterocycles. The van der Waals surface area contributed by atoms with Crippen molar-refractivity contribution < 1.29 is 13.9 Å². The zero-order valence-electron chi connectivity index (χ0n) is 12.0. The van der Waals surface area contributed by atoms with Crippen LogP contribution >= 0.6 is 15.9 Å². The van der Waals surface area contributed by atoms with Gasteiger partial charge in [-0.25, -0.2) is 4.39 Å². The Morgan fingerprint density at radius 2 is 1.95 bits per heavy atom. The van der Waals surface area contributed by atoms with Gasteiger partial charge < -0.3 is 14.8 Å². The summed E-state index contributed by atoms with van der Waals surface area (Å²) in [4.78, 5) is 0. The lowest BCUT2D eigenvalue weighted by molar-refractivity contribution is 0.304. The van der Waals surface area contributed by atoms with Crippen molar-refractivity contribution in [2.45, 2.75) is 13.2 Å². The number of hydrogen-bond acceptors (Lipinski definition) is 3. The van der Waals surface area contributed by atoms with Crippen molar-refractivity contribution in [3.8, 4) is 11.5 Å². The van der Waals surface area contributed by atoms with E-state index >= 15 is 0 Å². The summed E-state index contributed by atoms with van der Waals surface area (Å²) in [6.07, 6.45) is 0. The number of hydrogen-bond donors (Lipinski definition) is 1. The molecule has 112 valence electrons. The van der Waals surface area contributed by atoms with Gasteiger partial charge in [0.25, 0.3) is 0 Å². The second-order valence-electron chi connectivity index (χ2n) is 4.58. The predicted octanol–water partition coefficient (Wildman–Crippen LogP) is 3.90. The fraction of sp³-hybridized carbons (Fsp3) is 0.250. The maximum Gasteiger partial charge on any atom is 0.133 e. The van der Waals surface area contributed by atoms with Crippen LogP contribution in [0.25, 0.3) is 0 Å². The zero-order chi connectivity index (χ0) is 15.2. The van der Waals surface area contributed by atoms with E-state index in [2.05, 4.69) is 21.2 Å². The van der Waals surface area contributed by atoms with E-state index in [1.165, 1.54) is 12.1 Å². The van der Waals surface area contributed by atoms with Gasteiger partial charge in [0, 0.05) is 12.6 Å². The molecule has 0 aliphatic carbocycles. The molecule has 21 heavy (non-hydrogen) atoms. The van der Waals surface area contributed by atoms with E-state index in [1.807, 2.05) is 31.3 Å². The molecule has 3 nitrogen and oxygen atoms in total. The van der Waals surface area contributed by atoms with Gasteiger partial charge in [0.15, 0.2) is 0 Å². The van der Waals surface area contributed by atoms with Crippen LogP contribution in [-0.4, -0.2) is 14.2 Å². The van der Waals surface area contributed by atoms with Gasteiger partial charge in [0.05, 0.1) is 11.6 Å². The molecule has 0 saturated heterocycles. The molecule has 1 N–H and O–H groups in total. The highest BCUT2D eigenvalue weighted by atomic mass is 79.9. The fourth-order valence-corrected chi connectivity index (χ4v) is 2.56. The average molecular weight is 354 g/mol. The van der Waals surface area contributed by atoms with Crippen molar-refractivity contribution in [1.82, 2.24) is 5.32 Å². The second kappa shape index (κ2) is 7.43. The van der Waals surface area contributed by atoms with Crippen LogP contribution in [0.1, 0.15) is 11.1 Å². The van der Waals surface area contributed by atoms with Crippen molar-refractivity contribution in [2.24, 2.45) is 0 Å². The molecule has 5 heteroatoms. The molecule has 0 saturated carbocycles. The summed E-state index contributed by atoms with van der Waals surface area (Å²) >= 11 is 3.43. The summed E-state index contributed by atoms with van der Waals surface area (Å²) in [6.45, 7) is 0.966. The van der Waals surface area contributed by atoms with Gasteiger partial charge in [-0.2, -0.15) is 0 Å². The molecule has 0 radical (unpaired) electrons. The van der Waals surface area contributed by atoms with Gasteiger partial charge in [-0.15, -0.1) is 0 Å². The first-order chi connectivity index (χ1) is 10.1. The second-order valence-corrected chi connectivity index (χ2v) is 5.44. The smallest absolute Gasteiger partial charge is 0.133 e. The highest BCUT2D eigenvalue weighted by Gasteiger charge is 2.04. The molecule has 0 aliphatic heterocycles. The third-order valence-electron chi connectivity index (χ3n) is 2.93. The predicted molar refractivity (Wildman–Crippen MR) is 84.2 cm³/mol. The Hall–Kier alpha value is -1.59. The van der Waals surface area contributed by atoms with Gasteiger partial charge in [-0.1, -0.05) is 6.07 Å². The highest BCUT2D eigenvalue weighted by molar-refractivity contribution is 9.10. The molecular weight excluding hydrogens is 337 g/mol. The molecule has 0 unspecified atom stereocenters. The van der Waals surface area contributed by atoms with Gasteiger partial charge in [-0.3, -0.25) is 0 Å². The molecular formula is C16H17BrFNO2. The number of rotatable bonds is 6. The molecule has 0 bridgehead atoms. The minimum atomic E-state index is -0.298. The first-order valence-corrected chi connectivity index (χ1v) is 7.31. The molecule has 0 fully saturated rings. The molecule has 2 aromatic rings. The van der Waals surface area contributed by atoms with Crippen LogP contribution < -0.4 is 14.8 Å². The van der Waals surface area contributed by atoms with Crippen molar-refractivity contribution in [3.63, 3.8) is 0 Å². The van der Waals surface area contributed by atoms with Crippen LogP contribution in [0.15, 0.2) is 40.9 Å². The van der Waals surface area contributed by atoms with E-state index in [9.17, 15) is 4.39 Å². The van der Waals surface area contributed by atoms with Crippen LogP contribution in [0, 0.1) is 5.82 Å². The first-order valence-electron chi connectivity index (χ1n) is 6.51. The molecule has 0 aliphatic rings. The van der Waals surface area contributed by atoms with Crippen LogP contribution in [0.4, 0.5) is 4.39 Å². The minimum Gasteiger partial charge on any atom is -0.496 e. The summed E-state index contributed by atoms with van der Waals surface area (Å²) in [7, 11) is 3.44. The number of methoxy groups -OCH3 is 1. The Morgan fingerprint density at radius 1 is 1.14 bits per heavy atom. The molecule has 0 atom stereocenters. The fourth-order valence-electron chi connectivity index (χ4n) is 1.98. The summed E-state index contributed by atoms with van der Waals surface area (Å²) in [5.74, 6) is 0.988. The van der Waals surface area contributed by atoms with Gasteiger partial charge in [0.1, 0.15) is 23.9 Å². The van der Waals surface area contributed by atoms with Gasteiger partial charge >= 0.3 is 0 Å². The van der Waals surface area contributed by atoms with E-state index in [-0.39, 0.29) is 5.82 Å². The van der Waals surface area contributed by atoms with Crippen molar-refractivity contribution >= 4 is 15.9 Å². The summed E-state index contributed by atoms with van der Waals surface area (Å²) in [5, 5.41) is 2.99. The van der Waals surface area contributed by atoms with Crippen molar-refractivity contribution in [2.75, 3.05) is 14.2 Å². The van der Waals surface area contributed by atoms with E-state index in [4.69, 9.17) is 9.47 Å². The van der Waals surface area contributed by atoms with Crippen LogP contribution in [0.5, 0.6) is 11.5 Å². The topological polar surface area (TPSA) is 30.5 Å². The summed E-state index contributed by atoms with van der Waals surface area (Å²) in [6, 6.07) is 10.4. The third kappa shape index (κ3) is 4.44. The Morgan fingerprint density at radius 3 is 2.62 bits per heavy atom. The maximum absolute atomic E-state index is 13.5. The lowest BCUT2D eigenvalue weighted by Crippen LogP contribution is -2.06. The van der Waals surface area contributed by atoms with Crippen molar-refractivity contribution in [1.29, 1.82) is 0 Å². The van der Waals surface area contributed by atoms with Gasteiger partial charge in [0.2, 0.25) is 0 Å². The highest BCUT2D eigenvalue weighted by Crippen LogP contribution is 2.26. The Balaban J connectivity index is 2.07.